The summed E-state index contributed by atoms with van der Waals surface area (Å²) in [6.07, 6.45) is 3.75. The van der Waals surface area contributed by atoms with Crippen molar-refractivity contribution in [1.29, 1.82) is 0 Å². The molecule has 0 saturated carbocycles. The molecule has 2 aromatic rings. The highest BCUT2D eigenvalue weighted by molar-refractivity contribution is 5.44. The van der Waals surface area contributed by atoms with Gasteiger partial charge in [0.05, 0.1) is 0 Å². The molecule has 0 radical (unpaired) electrons. The number of aromatic nitrogens is 1. The summed E-state index contributed by atoms with van der Waals surface area (Å²) in [5, 5.41) is 3.40. The largest absolute Gasteiger partial charge is 0.454 e. The van der Waals surface area contributed by atoms with E-state index in [0.717, 1.165) is 24.6 Å². The average molecular weight is 256 g/mol. The summed E-state index contributed by atoms with van der Waals surface area (Å²) in [6, 6.07) is 8.16. The number of aryl methyl sites for hydroxylation is 1. The number of nitrogens with zero attached hydrogens (tertiary/aromatic N) is 1. The van der Waals surface area contributed by atoms with Crippen LogP contribution in [-0.2, 0) is 13.1 Å². The molecular weight excluding hydrogens is 240 g/mol. The smallest absolute Gasteiger partial charge is 0.231 e. The van der Waals surface area contributed by atoms with Crippen LogP contribution in [0, 0.1) is 6.92 Å². The quantitative estimate of drug-likeness (QED) is 0.912. The Kier molecular flexibility index (Phi) is 3.33. The Morgan fingerprint density at radius 2 is 1.89 bits per heavy atom. The predicted molar refractivity (Wildman–Crippen MR) is 72.1 cm³/mol. The maximum Gasteiger partial charge on any atom is 0.231 e. The molecule has 0 bridgehead atoms. The Bertz CT molecular complexity index is 584. The van der Waals surface area contributed by atoms with Crippen molar-refractivity contribution >= 4 is 0 Å². The molecule has 0 aliphatic carbocycles. The lowest BCUT2D eigenvalue weighted by Gasteiger charge is -2.06. The second-order valence-electron chi connectivity index (χ2n) is 4.66. The van der Waals surface area contributed by atoms with Crippen LogP contribution in [0.3, 0.4) is 0 Å². The Morgan fingerprint density at radius 1 is 1.05 bits per heavy atom. The summed E-state index contributed by atoms with van der Waals surface area (Å²) < 4.78 is 10.6. The Morgan fingerprint density at radius 3 is 2.79 bits per heavy atom. The number of hydrogen-bond donors (Lipinski definition) is 1. The maximum absolute atomic E-state index is 5.36. The van der Waals surface area contributed by atoms with E-state index in [0.29, 0.717) is 6.79 Å². The molecule has 4 heteroatoms. The SMILES string of the molecule is Cc1cncc(CNCc2ccc3c(c2)OCO3)c1. The van der Waals surface area contributed by atoms with Gasteiger partial charge >= 0.3 is 0 Å². The average Bonchev–Trinajstić information content (AvgIpc) is 2.86. The predicted octanol–water partition coefficient (Wildman–Crippen LogP) is 2.41. The Hall–Kier alpha value is -2.07. The van der Waals surface area contributed by atoms with Gasteiger partial charge in [-0.25, -0.2) is 0 Å². The first kappa shape index (κ1) is 12.0. The van der Waals surface area contributed by atoms with Crippen molar-refractivity contribution in [2.75, 3.05) is 6.79 Å². The minimum absolute atomic E-state index is 0.321. The maximum atomic E-state index is 5.36. The van der Waals surface area contributed by atoms with Crippen LogP contribution in [0.25, 0.3) is 0 Å². The van der Waals surface area contributed by atoms with Crippen molar-refractivity contribution in [2.24, 2.45) is 0 Å². The van der Waals surface area contributed by atoms with E-state index in [4.69, 9.17) is 9.47 Å². The van der Waals surface area contributed by atoms with Crippen molar-refractivity contribution in [3.05, 3.63) is 53.3 Å². The number of fused-ring (bicyclic) bond motifs is 1. The summed E-state index contributed by atoms with van der Waals surface area (Å²) in [5.74, 6) is 1.66. The highest BCUT2D eigenvalue weighted by Crippen LogP contribution is 2.32. The van der Waals surface area contributed by atoms with Crippen molar-refractivity contribution in [2.45, 2.75) is 20.0 Å². The van der Waals surface area contributed by atoms with Gasteiger partial charge in [-0.1, -0.05) is 12.1 Å². The number of ether oxygens (including phenoxy) is 2. The highest BCUT2D eigenvalue weighted by Gasteiger charge is 2.12. The fraction of sp³-hybridized carbons (Fsp3) is 0.267. The van der Waals surface area contributed by atoms with Crippen molar-refractivity contribution in [3.8, 4) is 11.5 Å². The van der Waals surface area contributed by atoms with Gasteiger partial charge in [-0.2, -0.15) is 0 Å². The van der Waals surface area contributed by atoms with E-state index in [-0.39, 0.29) is 0 Å². The summed E-state index contributed by atoms with van der Waals surface area (Å²) in [7, 11) is 0. The molecule has 1 aliphatic heterocycles. The van der Waals surface area contributed by atoms with Crippen LogP contribution in [0.1, 0.15) is 16.7 Å². The molecule has 19 heavy (non-hydrogen) atoms. The Balaban J connectivity index is 1.58. The standard InChI is InChI=1S/C15H16N2O2/c1-11-4-13(8-16-6-11)9-17-7-12-2-3-14-15(5-12)19-10-18-14/h2-6,8,17H,7,9-10H2,1H3. The van der Waals surface area contributed by atoms with E-state index in [1.165, 1.54) is 16.7 Å². The third kappa shape index (κ3) is 2.85. The lowest BCUT2D eigenvalue weighted by atomic mass is 10.2. The highest BCUT2D eigenvalue weighted by atomic mass is 16.7. The zero-order chi connectivity index (χ0) is 13.1. The molecule has 1 aliphatic rings. The number of rotatable bonds is 4. The summed E-state index contributed by atoms with van der Waals surface area (Å²) >= 11 is 0. The lowest BCUT2D eigenvalue weighted by Crippen LogP contribution is -2.12. The third-order valence-electron chi connectivity index (χ3n) is 3.03. The van der Waals surface area contributed by atoms with Gasteiger partial charge in [0.15, 0.2) is 11.5 Å². The molecule has 0 spiro atoms. The van der Waals surface area contributed by atoms with Crippen LogP contribution in [0.2, 0.25) is 0 Å². The van der Waals surface area contributed by atoms with Gasteiger partial charge in [0.1, 0.15) is 0 Å². The monoisotopic (exact) mass is 256 g/mol. The molecule has 98 valence electrons. The van der Waals surface area contributed by atoms with Crippen molar-refractivity contribution < 1.29 is 9.47 Å². The normalized spacial score (nSPS) is 12.7. The first-order valence-electron chi connectivity index (χ1n) is 6.31. The second kappa shape index (κ2) is 5.28. The van der Waals surface area contributed by atoms with Crippen LogP contribution in [0.5, 0.6) is 11.5 Å². The van der Waals surface area contributed by atoms with Crippen LogP contribution >= 0.6 is 0 Å². The van der Waals surface area contributed by atoms with Gasteiger partial charge in [-0.15, -0.1) is 0 Å². The van der Waals surface area contributed by atoms with E-state index in [2.05, 4.69) is 22.4 Å². The molecule has 0 amide bonds. The third-order valence-corrected chi connectivity index (χ3v) is 3.03. The van der Waals surface area contributed by atoms with Crippen molar-refractivity contribution in [1.82, 2.24) is 10.3 Å². The van der Waals surface area contributed by atoms with Gasteiger partial charge in [0, 0.05) is 25.5 Å². The molecule has 0 atom stereocenters. The van der Waals surface area contributed by atoms with Crippen LogP contribution in [-0.4, -0.2) is 11.8 Å². The van der Waals surface area contributed by atoms with E-state index >= 15 is 0 Å². The zero-order valence-corrected chi connectivity index (χ0v) is 10.8. The summed E-state index contributed by atoms with van der Waals surface area (Å²) in [5.41, 5.74) is 3.56. The molecule has 1 aromatic heterocycles. The molecule has 4 nitrogen and oxygen atoms in total. The molecule has 1 N–H and O–H groups in total. The Labute approximate surface area is 112 Å². The molecule has 0 unspecified atom stereocenters. The molecule has 3 rings (SSSR count). The minimum Gasteiger partial charge on any atom is -0.454 e. The van der Waals surface area contributed by atoms with Gasteiger partial charge in [0.25, 0.3) is 0 Å². The second-order valence-corrected chi connectivity index (χ2v) is 4.66. The molecule has 1 aromatic carbocycles. The minimum atomic E-state index is 0.321. The van der Waals surface area contributed by atoms with Gasteiger partial charge in [0.2, 0.25) is 6.79 Å². The van der Waals surface area contributed by atoms with E-state index < -0.39 is 0 Å². The number of pyridine rings is 1. The summed E-state index contributed by atoms with van der Waals surface area (Å²) in [4.78, 5) is 4.18. The zero-order valence-electron chi connectivity index (χ0n) is 10.8. The fourth-order valence-electron chi connectivity index (χ4n) is 2.12. The number of benzene rings is 1. The number of hydrogen-bond acceptors (Lipinski definition) is 4. The molecule has 2 heterocycles. The molecular formula is C15H16N2O2. The number of nitrogens with one attached hydrogen (secondary N) is 1. The van der Waals surface area contributed by atoms with Crippen LogP contribution in [0.15, 0.2) is 36.7 Å². The molecule has 0 fully saturated rings. The first-order valence-corrected chi connectivity index (χ1v) is 6.31. The van der Waals surface area contributed by atoms with E-state index in [9.17, 15) is 0 Å². The van der Waals surface area contributed by atoms with Gasteiger partial charge in [-0.05, 0) is 35.7 Å². The van der Waals surface area contributed by atoms with Crippen LogP contribution < -0.4 is 14.8 Å². The fourth-order valence-corrected chi connectivity index (χ4v) is 2.12. The first-order chi connectivity index (χ1) is 9.31. The van der Waals surface area contributed by atoms with Gasteiger partial charge in [-0.3, -0.25) is 4.98 Å². The van der Waals surface area contributed by atoms with E-state index in [1.807, 2.05) is 31.5 Å². The molecule has 0 saturated heterocycles. The van der Waals surface area contributed by atoms with Gasteiger partial charge < -0.3 is 14.8 Å². The lowest BCUT2D eigenvalue weighted by molar-refractivity contribution is 0.174. The van der Waals surface area contributed by atoms with Crippen LogP contribution in [0.4, 0.5) is 0 Å². The van der Waals surface area contributed by atoms with Crippen molar-refractivity contribution in [3.63, 3.8) is 0 Å². The topological polar surface area (TPSA) is 43.4 Å². The summed E-state index contributed by atoms with van der Waals surface area (Å²) in [6.45, 7) is 3.98. The van der Waals surface area contributed by atoms with E-state index in [1.54, 1.807) is 0 Å².